The Hall–Kier alpha value is -0.980. The van der Waals surface area contributed by atoms with Crippen LogP contribution in [0.5, 0.6) is 10.9 Å². The molecule has 0 aliphatic carbocycles. The first-order valence-corrected chi connectivity index (χ1v) is 7.96. The predicted molar refractivity (Wildman–Crippen MR) is 85.5 cm³/mol. The van der Waals surface area contributed by atoms with E-state index in [1.165, 1.54) is 11.3 Å². The second kappa shape index (κ2) is 6.20. The van der Waals surface area contributed by atoms with Gasteiger partial charge >= 0.3 is 0 Å². The molecule has 0 spiro atoms. The molecule has 1 heterocycles. The van der Waals surface area contributed by atoms with Gasteiger partial charge in [-0.2, -0.15) is 0 Å². The van der Waals surface area contributed by atoms with Crippen LogP contribution in [0.2, 0.25) is 0 Å². The van der Waals surface area contributed by atoms with Crippen molar-refractivity contribution in [3.63, 3.8) is 0 Å². The molecule has 0 bridgehead atoms. The third-order valence-electron chi connectivity index (χ3n) is 2.57. The average Bonchev–Trinajstić information content (AvgIpc) is 2.78. The van der Waals surface area contributed by atoms with E-state index in [2.05, 4.69) is 52.2 Å². The van der Waals surface area contributed by atoms with Crippen LogP contribution < -0.4 is 10.1 Å². The van der Waals surface area contributed by atoms with Crippen LogP contribution in [0.25, 0.3) is 0 Å². The summed E-state index contributed by atoms with van der Waals surface area (Å²) in [6.45, 7) is 9.07. The molecule has 0 radical (unpaired) electrons. The molecule has 4 nitrogen and oxygen atoms in total. The second-order valence-corrected chi connectivity index (χ2v) is 7.52. The molecule has 0 saturated carbocycles. The van der Waals surface area contributed by atoms with Crippen LogP contribution in [0, 0.1) is 6.92 Å². The second-order valence-electron chi connectivity index (χ2n) is 5.58. The molecule has 1 N–H and O–H groups in total. The van der Waals surface area contributed by atoms with Gasteiger partial charge in [-0.3, -0.25) is 0 Å². The molecule has 2 aromatic rings. The zero-order valence-electron chi connectivity index (χ0n) is 12.0. The molecule has 108 valence electrons. The largest absolute Gasteiger partial charge is 0.429 e. The topological polar surface area (TPSA) is 47.0 Å². The number of nitrogens with one attached hydrogen (secondary N) is 1. The molecular formula is C14H18BrN3OS. The van der Waals surface area contributed by atoms with Crippen LogP contribution in [0.3, 0.4) is 0 Å². The van der Waals surface area contributed by atoms with Gasteiger partial charge in [0.1, 0.15) is 10.8 Å². The van der Waals surface area contributed by atoms with Crippen LogP contribution in [-0.4, -0.2) is 15.7 Å². The highest BCUT2D eigenvalue weighted by atomic mass is 79.9. The van der Waals surface area contributed by atoms with Crippen molar-refractivity contribution in [2.75, 3.05) is 0 Å². The molecule has 0 aliphatic heterocycles. The quantitative estimate of drug-likeness (QED) is 0.888. The van der Waals surface area contributed by atoms with E-state index in [-0.39, 0.29) is 5.54 Å². The van der Waals surface area contributed by atoms with E-state index in [0.717, 1.165) is 20.8 Å². The van der Waals surface area contributed by atoms with E-state index in [1.807, 2.05) is 25.1 Å². The molecule has 20 heavy (non-hydrogen) atoms. The third kappa shape index (κ3) is 4.54. The number of hydrogen-bond acceptors (Lipinski definition) is 5. The number of benzene rings is 1. The number of rotatable bonds is 4. The molecule has 0 fully saturated rings. The first-order valence-electron chi connectivity index (χ1n) is 6.35. The first kappa shape index (κ1) is 15.4. The SMILES string of the molecule is Cc1ccc(Br)cc1Oc1nnc(CNC(C)(C)C)s1. The molecule has 0 amide bonds. The standard InChI is InChI=1S/C14H18BrN3OS/c1-9-5-6-10(15)7-11(9)19-13-18-17-12(20-13)8-16-14(2,3)4/h5-7,16H,8H2,1-4H3. The Morgan fingerprint density at radius 2 is 2.05 bits per heavy atom. The molecule has 0 unspecified atom stereocenters. The Balaban J connectivity index is 2.04. The maximum absolute atomic E-state index is 5.79. The highest BCUT2D eigenvalue weighted by molar-refractivity contribution is 9.10. The van der Waals surface area contributed by atoms with Gasteiger partial charge in [-0.1, -0.05) is 38.4 Å². The van der Waals surface area contributed by atoms with E-state index in [4.69, 9.17) is 4.74 Å². The molecule has 6 heteroatoms. The summed E-state index contributed by atoms with van der Waals surface area (Å²) >= 11 is 4.90. The summed E-state index contributed by atoms with van der Waals surface area (Å²) in [6, 6.07) is 5.92. The maximum atomic E-state index is 5.79. The van der Waals surface area contributed by atoms with Crippen LogP contribution in [0.4, 0.5) is 0 Å². The lowest BCUT2D eigenvalue weighted by atomic mass is 10.1. The van der Waals surface area contributed by atoms with Crippen molar-refractivity contribution in [2.24, 2.45) is 0 Å². The zero-order valence-corrected chi connectivity index (χ0v) is 14.4. The minimum Gasteiger partial charge on any atom is -0.429 e. The van der Waals surface area contributed by atoms with E-state index < -0.39 is 0 Å². The Morgan fingerprint density at radius 1 is 1.30 bits per heavy atom. The lowest BCUT2D eigenvalue weighted by Crippen LogP contribution is -2.35. The molecular weight excluding hydrogens is 338 g/mol. The summed E-state index contributed by atoms with van der Waals surface area (Å²) in [5.41, 5.74) is 1.13. The van der Waals surface area contributed by atoms with Crippen molar-refractivity contribution in [2.45, 2.75) is 39.8 Å². The summed E-state index contributed by atoms with van der Waals surface area (Å²) in [4.78, 5) is 0. The molecule has 0 saturated heterocycles. The average molecular weight is 356 g/mol. The fourth-order valence-electron chi connectivity index (χ4n) is 1.47. The fourth-order valence-corrected chi connectivity index (χ4v) is 2.45. The third-order valence-corrected chi connectivity index (χ3v) is 3.86. The van der Waals surface area contributed by atoms with Gasteiger partial charge in [0, 0.05) is 10.0 Å². The monoisotopic (exact) mass is 355 g/mol. The van der Waals surface area contributed by atoms with Gasteiger partial charge in [0.05, 0.1) is 6.54 Å². The number of halogens is 1. The fraction of sp³-hybridized carbons (Fsp3) is 0.429. The van der Waals surface area contributed by atoms with Gasteiger partial charge in [-0.25, -0.2) is 0 Å². The maximum Gasteiger partial charge on any atom is 0.299 e. The van der Waals surface area contributed by atoms with Crippen molar-refractivity contribution >= 4 is 27.3 Å². The number of aromatic nitrogens is 2. The molecule has 1 aromatic carbocycles. The van der Waals surface area contributed by atoms with Gasteiger partial charge in [0.15, 0.2) is 0 Å². The van der Waals surface area contributed by atoms with Crippen LogP contribution in [-0.2, 0) is 6.54 Å². The Morgan fingerprint density at radius 3 is 2.75 bits per heavy atom. The number of aryl methyl sites for hydroxylation is 1. The van der Waals surface area contributed by atoms with Crippen molar-refractivity contribution in [1.29, 1.82) is 0 Å². The normalized spacial score (nSPS) is 11.7. The highest BCUT2D eigenvalue weighted by Crippen LogP contribution is 2.29. The van der Waals surface area contributed by atoms with E-state index in [0.29, 0.717) is 11.7 Å². The van der Waals surface area contributed by atoms with Crippen molar-refractivity contribution in [1.82, 2.24) is 15.5 Å². The summed E-state index contributed by atoms with van der Waals surface area (Å²) in [7, 11) is 0. The number of nitrogens with zero attached hydrogens (tertiary/aromatic N) is 2. The lowest BCUT2D eigenvalue weighted by Gasteiger charge is -2.19. The highest BCUT2D eigenvalue weighted by Gasteiger charge is 2.12. The zero-order chi connectivity index (χ0) is 14.8. The summed E-state index contributed by atoms with van der Waals surface area (Å²) in [5, 5.41) is 13.1. The van der Waals surface area contributed by atoms with Crippen LogP contribution in [0.15, 0.2) is 22.7 Å². The number of ether oxygens (including phenoxy) is 1. The lowest BCUT2D eigenvalue weighted by molar-refractivity contribution is 0.423. The van der Waals surface area contributed by atoms with E-state index >= 15 is 0 Å². The van der Waals surface area contributed by atoms with Crippen LogP contribution >= 0.6 is 27.3 Å². The Bertz CT molecular complexity index is 592. The summed E-state index contributed by atoms with van der Waals surface area (Å²) < 4.78 is 6.77. The Kier molecular flexibility index (Phi) is 4.78. The van der Waals surface area contributed by atoms with E-state index in [9.17, 15) is 0 Å². The smallest absolute Gasteiger partial charge is 0.299 e. The molecule has 2 rings (SSSR count). The van der Waals surface area contributed by atoms with Gasteiger partial charge in [0.25, 0.3) is 5.19 Å². The van der Waals surface area contributed by atoms with Crippen molar-refractivity contribution in [3.8, 4) is 10.9 Å². The van der Waals surface area contributed by atoms with Gasteiger partial charge < -0.3 is 10.1 Å². The first-order chi connectivity index (χ1) is 9.33. The minimum absolute atomic E-state index is 0.0631. The van der Waals surface area contributed by atoms with E-state index in [1.54, 1.807) is 0 Å². The van der Waals surface area contributed by atoms with Gasteiger partial charge in [-0.15, -0.1) is 5.10 Å². The molecule has 0 aliphatic rings. The summed E-state index contributed by atoms with van der Waals surface area (Å²) in [5.74, 6) is 0.797. The van der Waals surface area contributed by atoms with Gasteiger partial charge in [-0.05, 0) is 45.4 Å². The number of hydrogen-bond donors (Lipinski definition) is 1. The van der Waals surface area contributed by atoms with Crippen molar-refractivity contribution < 1.29 is 4.74 Å². The van der Waals surface area contributed by atoms with Crippen molar-refractivity contribution in [3.05, 3.63) is 33.2 Å². The molecule has 1 aromatic heterocycles. The van der Waals surface area contributed by atoms with Crippen LogP contribution in [0.1, 0.15) is 31.3 Å². The predicted octanol–water partition coefficient (Wildman–Crippen LogP) is 4.29. The van der Waals surface area contributed by atoms with Gasteiger partial charge in [0.2, 0.25) is 0 Å². The summed E-state index contributed by atoms with van der Waals surface area (Å²) in [6.07, 6.45) is 0. The Labute approximate surface area is 131 Å². The minimum atomic E-state index is 0.0631. The molecule has 0 atom stereocenters.